The van der Waals surface area contributed by atoms with Crippen molar-refractivity contribution in [2.75, 3.05) is 14.2 Å². The summed E-state index contributed by atoms with van der Waals surface area (Å²) in [6, 6.07) is 15.1. The molecule has 2 aromatic carbocycles. The summed E-state index contributed by atoms with van der Waals surface area (Å²) in [5.74, 6) is 0.197. The third kappa shape index (κ3) is 4.70. The van der Waals surface area contributed by atoms with Gasteiger partial charge in [-0.05, 0) is 18.6 Å². The highest BCUT2D eigenvalue weighted by atomic mass is 16.6. The van der Waals surface area contributed by atoms with E-state index in [1.165, 1.54) is 14.2 Å². The van der Waals surface area contributed by atoms with E-state index in [1.807, 2.05) is 61.5 Å². The Morgan fingerprint density at radius 2 is 1.80 bits per heavy atom. The van der Waals surface area contributed by atoms with Crippen LogP contribution < -0.4 is 4.74 Å². The van der Waals surface area contributed by atoms with E-state index in [4.69, 9.17) is 14.3 Å². The van der Waals surface area contributed by atoms with Gasteiger partial charge in [0.15, 0.2) is 5.71 Å². The highest BCUT2D eigenvalue weighted by molar-refractivity contribution is 6.43. The smallest absolute Gasteiger partial charge is 0.360 e. The molecule has 0 saturated heterocycles. The quantitative estimate of drug-likeness (QED) is 0.437. The molecule has 5 heteroatoms. The summed E-state index contributed by atoms with van der Waals surface area (Å²) in [5.41, 5.74) is 2.51. The summed E-state index contributed by atoms with van der Waals surface area (Å²) in [6.45, 7) is 2.24. The van der Waals surface area contributed by atoms with Gasteiger partial charge in [-0.2, -0.15) is 0 Å². The predicted molar refractivity (Wildman–Crippen MR) is 97.5 cm³/mol. The Bertz CT molecular complexity index is 781. The van der Waals surface area contributed by atoms with E-state index in [1.54, 1.807) is 6.07 Å². The Balaban J connectivity index is 2.30. The average Bonchev–Trinajstić information content (AvgIpc) is 2.65. The van der Waals surface area contributed by atoms with E-state index >= 15 is 0 Å². The molecule has 0 amide bonds. The number of para-hydroxylation sites is 1. The van der Waals surface area contributed by atoms with Gasteiger partial charge in [0.05, 0.1) is 7.11 Å². The first-order valence-electron chi connectivity index (χ1n) is 7.83. The van der Waals surface area contributed by atoms with Crippen molar-refractivity contribution in [1.29, 1.82) is 0 Å². The lowest BCUT2D eigenvalue weighted by Crippen LogP contribution is -2.19. The molecule has 2 aromatic rings. The van der Waals surface area contributed by atoms with Gasteiger partial charge in [-0.1, -0.05) is 59.8 Å². The lowest BCUT2D eigenvalue weighted by atomic mass is 10.0. The predicted octanol–water partition coefficient (Wildman–Crippen LogP) is 3.82. The van der Waals surface area contributed by atoms with Gasteiger partial charge in [0.1, 0.15) is 19.5 Å². The van der Waals surface area contributed by atoms with Crippen LogP contribution in [0.15, 0.2) is 59.8 Å². The van der Waals surface area contributed by atoms with Crippen LogP contribution in [0.4, 0.5) is 0 Å². The van der Waals surface area contributed by atoms with E-state index in [2.05, 4.69) is 5.16 Å². The van der Waals surface area contributed by atoms with Crippen molar-refractivity contribution in [2.24, 2.45) is 5.16 Å². The molecule has 0 unspecified atom stereocenters. The lowest BCUT2D eigenvalue weighted by Gasteiger charge is -2.13. The molecule has 130 valence electrons. The van der Waals surface area contributed by atoms with E-state index in [9.17, 15) is 4.79 Å². The molecule has 0 atom stereocenters. The molecule has 0 radical (unpaired) electrons. The fourth-order valence-corrected chi connectivity index (χ4v) is 2.35. The maximum absolute atomic E-state index is 12.0. The minimum Gasteiger partial charge on any atom is -0.488 e. The van der Waals surface area contributed by atoms with Gasteiger partial charge in [0.25, 0.3) is 0 Å². The Morgan fingerprint density at radius 3 is 2.52 bits per heavy atom. The van der Waals surface area contributed by atoms with Crippen molar-refractivity contribution >= 4 is 17.8 Å². The summed E-state index contributed by atoms with van der Waals surface area (Å²) in [7, 11) is 2.69. The van der Waals surface area contributed by atoms with Crippen molar-refractivity contribution in [3.8, 4) is 5.75 Å². The van der Waals surface area contributed by atoms with Crippen molar-refractivity contribution in [1.82, 2.24) is 0 Å². The van der Waals surface area contributed by atoms with Gasteiger partial charge in [-0.3, -0.25) is 0 Å². The first kappa shape index (κ1) is 18.3. The molecule has 0 bridgehead atoms. The van der Waals surface area contributed by atoms with Crippen LogP contribution in [0.25, 0.3) is 6.08 Å². The zero-order chi connectivity index (χ0) is 18.1. The van der Waals surface area contributed by atoms with Gasteiger partial charge in [-0.15, -0.1) is 0 Å². The van der Waals surface area contributed by atoms with Crippen molar-refractivity contribution in [3.63, 3.8) is 0 Å². The maximum Gasteiger partial charge on any atom is 0.360 e. The molecule has 0 fully saturated rings. The van der Waals surface area contributed by atoms with Crippen LogP contribution in [0, 0.1) is 0 Å². The van der Waals surface area contributed by atoms with Crippen LogP contribution in [0.5, 0.6) is 5.75 Å². The normalized spacial score (nSPS) is 11.4. The molecule has 2 rings (SSSR count). The number of methoxy groups -OCH3 is 1. The number of esters is 1. The zero-order valence-electron chi connectivity index (χ0n) is 14.6. The molecule has 0 saturated carbocycles. The molecule has 0 aliphatic heterocycles. The third-order valence-electron chi connectivity index (χ3n) is 3.48. The highest BCUT2D eigenvalue weighted by Crippen LogP contribution is 2.22. The minimum atomic E-state index is -0.566. The molecule has 0 aliphatic rings. The number of carbonyl (C=O) groups is 1. The number of benzene rings is 2. The molecule has 0 aromatic heterocycles. The fraction of sp³-hybridized carbons (Fsp3) is 0.200. The Morgan fingerprint density at radius 1 is 1.08 bits per heavy atom. The second-order valence-electron chi connectivity index (χ2n) is 5.10. The third-order valence-corrected chi connectivity index (χ3v) is 3.48. The Kier molecular flexibility index (Phi) is 6.77. The monoisotopic (exact) mass is 339 g/mol. The zero-order valence-corrected chi connectivity index (χ0v) is 14.6. The summed E-state index contributed by atoms with van der Waals surface area (Å²) < 4.78 is 10.7. The SMILES string of the molecule is CC=Cc1ccccc1OCc1ccccc1C(=NOC)C(=O)OC. The number of rotatable bonds is 7. The number of ether oxygens (including phenoxy) is 2. The van der Waals surface area contributed by atoms with Gasteiger partial charge in [0.2, 0.25) is 0 Å². The number of nitrogens with zero attached hydrogens (tertiary/aromatic N) is 1. The lowest BCUT2D eigenvalue weighted by molar-refractivity contribution is -0.132. The minimum absolute atomic E-state index is 0.103. The first-order chi connectivity index (χ1) is 12.2. The molecule has 5 nitrogen and oxygen atoms in total. The van der Waals surface area contributed by atoms with Crippen LogP contribution in [-0.2, 0) is 21.0 Å². The Labute approximate surface area is 147 Å². The van der Waals surface area contributed by atoms with Gasteiger partial charge >= 0.3 is 5.97 Å². The van der Waals surface area contributed by atoms with Crippen molar-refractivity contribution in [2.45, 2.75) is 13.5 Å². The van der Waals surface area contributed by atoms with E-state index in [0.717, 1.165) is 16.9 Å². The van der Waals surface area contributed by atoms with Crippen LogP contribution in [0.2, 0.25) is 0 Å². The van der Waals surface area contributed by atoms with E-state index < -0.39 is 5.97 Å². The van der Waals surface area contributed by atoms with E-state index in [-0.39, 0.29) is 12.3 Å². The number of hydrogen-bond donors (Lipinski definition) is 0. The second-order valence-corrected chi connectivity index (χ2v) is 5.10. The summed E-state index contributed by atoms with van der Waals surface area (Å²) in [6.07, 6.45) is 3.93. The van der Waals surface area contributed by atoms with Crippen molar-refractivity contribution < 1.29 is 19.1 Å². The number of oxime groups is 1. The Hall–Kier alpha value is -3.08. The topological polar surface area (TPSA) is 57.1 Å². The van der Waals surface area contributed by atoms with Crippen LogP contribution in [-0.4, -0.2) is 25.9 Å². The summed E-state index contributed by atoms with van der Waals surface area (Å²) in [4.78, 5) is 16.8. The first-order valence-corrected chi connectivity index (χ1v) is 7.83. The molecule has 25 heavy (non-hydrogen) atoms. The van der Waals surface area contributed by atoms with Gasteiger partial charge < -0.3 is 14.3 Å². The second kappa shape index (κ2) is 9.27. The van der Waals surface area contributed by atoms with Crippen LogP contribution >= 0.6 is 0 Å². The molecule has 0 N–H and O–H groups in total. The summed E-state index contributed by atoms with van der Waals surface area (Å²) >= 11 is 0. The largest absolute Gasteiger partial charge is 0.488 e. The van der Waals surface area contributed by atoms with Crippen molar-refractivity contribution in [3.05, 3.63) is 71.3 Å². The number of carbonyl (C=O) groups excluding carboxylic acids is 1. The molecule has 0 spiro atoms. The molecular weight excluding hydrogens is 318 g/mol. The standard InChI is InChI=1S/C20H21NO4/c1-4-9-15-10-6-8-13-18(15)25-14-16-11-5-7-12-17(16)19(21-24-3)20(22)23-2/h4-13H,14H2,1-3H3. The fourth-order valence-electron chi connectivity index (χ4n) is 2.35. The number of allylic oxidation sites excluding steroid dienone is 1. The average molecular weight is 339 g/mol. The maximum atomic E-state index is 12.0. The van der Waals surface area contributed by atoms with E-state index in [0.29, 0.717) is 5.56 Å². The van der Waals surface area contributed by atoms with Gasteiger partial charge in [0, 0.05) is 11.1 Å². The number of hydrogen-bond acceptors (Lipinski definition) is 5. The van der Waals surface area contributed by atoms with Crippen LogP contribution in [0.1, 0.15) is 23.6 Å². The molecule has 0 heterocycles. The molecule has 0 aliphatic carbocycles. The van der Waals surface area contributed by atoms with Gasteiger partial charge in [-0.25, -0.2) is 4.79 Å². The molecular formula is C20H21NO4. The van der Waals surface area contributed by atoms with Crippen LogP contribution in [0.3, 0.4) is 0 Å². The highest BCUT2D eigenvalue weighted by Gasteiger charge is 2.19. The summed E-state index contributed by atoms with van der Waals surface area (Å²) in [5, 5.41) is 3.80.